The number of nitrogens with one attached hydrogen (secondary N) is 2. The molecule has 0 amide bonds. The molecule has 6 nitrogen and oxygen atoms in total. The first kappa shape index (κ1) is 24.8. The highest BCUT2D eigenvalue weighted by Gasteiger charge is 2.06. The van der Waals surface area contributed by atoms with Gasteiger partial charge in [-0.1, -0.05) is 12.1 Å². The van der Waals surface area contributed by atoms with E-state index in [9.17, 15) is 0 Å². The van der Waals surface area contributed by atoms with Crippen molar-refractivity contribution in [2.75, 3.05) is 33.4 Å². The quantitative estimate of drug-likeness (QED) is 0.195. The van der Waals surface area contributed by atoms with E-state index in [0.29, 0.717) is 19.8 Å². The van der Waals surface area contributed by atoms with Gasteiger partial charge in [0.2, 0.25) is 0 Å². The lowest BCUT2D eigenvalue weighted by molar-refractivity contribution is 0.145. The highest BCUT2D eigenvalue weighted by atomic mass is 127. The Bertz CT molecular complexity index is 737. The van der Waals surface area contributed by atoms with Crippen LogP contribution in [0.2, 0.25) is 0 Å². The molecule has 0 fully saturated rings. The standard InChI is InChI=1S/C20H28BrN3O3.HI/c1-4-22-20(23-10-9-17-7-8-19(21)27-17)24-14-16-6-5-15(2)13-18(16)26-12-11-25-3;/h5-8,13H,4,9-12,14H2,1-3H3,(H2,22,23,24);1H. The van der Waals surface area contributed by atoms with Crippen molar-refractivity contribution < 1.29 is 13.9 Å². The Morgan fingerprint density at radius 2 is 2.00 bits per heavy atom. The molecule has 0 saturated carbocycles. The number of furan rings is 1. The first-order valence-corrected chi connectivity index (χ1v) is 9.89. The normalized spacial score (nSPS) is 11.1. The summed E-state index contributed by atoms with van der Waals surface area (Å²) in [6.07, 6.45) is 0.784. The van der Waals surface area contributed by atoms with Crippen molar-refractivity contribution in [3.8, 4) is 5.75 Å². The van der Waals surface area contributed by atoms with Crippen molar-refractivity contribution in [1.82, 2.24) is 10.6 Å². The van der Waals surface area contributed by atoms with Gasteiger partial charge in [-0.25, -0.2) is 4.99 Å². The third-order valence-electron chi connectivity index (χ3n) is 3.81. The number of ether oxygens (including phenoxy) is 2. The van der Waals surface area contributed by atoms with Gasteiger partial charge in [-0.2, -0.15) is 0 Å². The summed E-state index contributed by atoms with van der Waals surface area (Å²) in [7, 11) is 1.67. The molecule has 8 heteroatoms. The van der Waals surface area contributed by atoms with Gasteiger partial charge in [0.15, 0.2) is 10.6 Å². The third-order valence-corrected chi connectivity index (χ3v) is 4.24. The molecule has 1 aromatic heterocycles. The zero-order chi connectivity index (χ0) is 19.5. The van der Waals surface area contributed by atoms with Crippen LogP contribution in [0.5, 0.6) is 5.75 Å². The van der Waals surface area contributed by atoms with Gasteiger partial charge in [-0.05, 0) is 53.5 Å². The number of aliphatic imine (C=N–C) groups is 1. The number of rotatable bonds is 10. The van der Waals surface area contributed by atoms with Crippen LogP contribution in [0.15, 0.2) is 44.4 Å². The zero-order valence-electron chi connectivity index (χ0n) is 16.6. The molecule has 1 heterocycles. The Morgan fingerprint density at radius 1 is 1.18 bits per heavy atom. The fourth-order valence-electron chi connectivity index (χ4n) is 2.46. The van der Waals surface area contributed by atoms with Crippen LogP contribution in [0, 0.1) is 6.92 Å². The van der Waals surface area contributed by atoms with E-state index >= 15 is 0 Å². The van der Waals surface area contributed by atoms with E-state index in [1.807, 2.05) is 25.1 Å². The smallest absolute Gasteiger partial charge is 0.191 e. The van der Waals surface area contributed by atoms with Crippen LogP contribution in [-0.2, 0) is 17.7 Å². The number of halogens is 2. The lowest BCUT2D eigenvalue weighted by Gasteiger charge is -2.13. The highest BCUT2D eigenvalue weighted by Crippen LogP contribution is 2.21. The topological polar surface area (TPSA) is 68.0 Å². The molecule has 0 aliphatic rings. The van der Waals surface area contributed by atoms with Crippen molar-refractivity contribution in [2.24, 2.45) is 4.99 Å². The maximum atomic E-state index is 5.84. The molecular weight excluding hydrogens is 537 g/mol. The molecule has 0 aliphatic heterocycles. The van der Waals surface area contributed by atoms with Gasteiger partial charge in [0.05, 0.1) is 13.2 Å². The van der Waals surface area contributed by atoms with Crippen LogP contribution in [0.3, 0.4) is 0 Å². The second-order valence-corrected chi connectivity index (χ2v) is 6.81. The summed E-state index contributed by atoms with van der Waals surface area (Å²) in [5, 5.41) is 6.60. The second kappa shape index (κ2) is 13.8. The maximum Gasteiger partial charge on any atom is 0.191 e. The van der Waals surface area contributed by atoms with Crippen molar-refractivity contribution in [3.05, 3.63) is 51.9 Å². The number of hydrogen-bond acceptors (Lipinski definition) is 4. The molecule has 1 aromatic carbocycles. The van der Waals surface area contributed by atoms with Crippen molar-refractivity contribution in [2.45, 2.75) is 26.8 Å². The Morgan fingerprint density at radius 3 is 2.68 bits per heavy atom. The molecule has 28 heavy (non-hydrogen) atoms. The lowest BCUT2D eigenvalue weighted by Crippen LogP contribution is -2.38. The molecule has 0 atom stereocenters. The molecule has 156 valence electrons. The average molecular weight is 566 g/mol. The van der Waals surface area contributed by atoms with Gasteiger partial charge in [-0.3, -0.25) is 0 Å². The first-order valence-electron chi connectivity index (χ1n) is 9.10. The van der Waals surface area contributed by atoms with Crippen molar-refractivity contribution in [3.63, 3.8) is 0 Å². The molecular formula is C20H29BrIN3O3. The van der Waals surface area contributed by atoms with E-state index in [-0.39, 0.29) is 24.0 Å². The van der Waals surface area contributed by atoms with Crippen molar-refractivity contribution >= 4 is 45.9 Å². The molecule has 0 spiro atoms. The average Bonchev–Trinajstić information content (AvgIpc) is 3.06. The van der Waals surface area contributed by atoms with Gasteiger partial charge in [0, 0.05) is 32.2 Å². The summed E-state index contributed by atoms with van der Waals surface area (Å²) in [4.78, 5) is 4.68. The summed E-state index contributed by atoms with van der Waals surface area (Å²) in [6.45, 7) is 7.24. The van der Waals surface area contributed by atoms with Gasteiger partial charge in [-0.15, -0.1) is 24.0 Å². The molecule has 0 unspecified atom stereocenters. The van der Waals surface area contributed by atoms with E-state index in [0.717, 1.165) is 52.8 Å². The predicted octanol–water partition coefficient (Wildman–Crippen LogP) is 4.29. The lowest BCUT2D eigenvalue weighted by atomic mass is 10.1. The van der Waals surface area contributed by atoms with Crippen LogP contribution in [-0.4, -0.2) is 39.4 Å². The molecule has 2 rings (SSSR count). The van der Waals surface area contributed by atoms with E-state index in [1.165, 1.54) is 0 Å². The number of guanidine groups is 1. The van der Waals surface area contributed by atoms with Crippen molar-refractivity contribution in [1.29, 1.82) is 0 Å². The summed E-state index contributed by atoms with van der Waals surface area (Å²) in [6, 6.07) is 10.0. The second-order valence-electron chi connectivity index (χ2n) is 6.03. The summed E-state index contributed by atoms with van der Waals surface area (Å²) < 4.78 is 17.2. The number of benzene rings is 1. The Kier molecular flexibility index (Phi) is 12.2. The molecule has 2 N–H and O–H groups in total. The number of nitrogens with zero attached hydrogens (tertiary/aromatic N) is 1. The summed E-state index contributed by atoms with van der Waals surface area (Å²) in [5.74, 6) is 2.55. The molecule has 0 saturated heterocycles. The fraction of sp³-hybridized carbons (Fsp3) is 0.450. The van der Waals surface area contributed by atoms with Crippen LogP contribution >= 0.6 is 39.9 Å². The van der Waals surface area contributed by atoms with Crippen LogP contribution < -0.4 is 15.4 Å². The summed E-state index contributed by atoms with van der Waals surface area (Å²) >= 11 is 3.32. The SMILES string of the molecule is CCNC(=NCc1ccc(C)cc1OCCOC)NCCc1ccc(Br)o1.I. The minimum absolute atomic E-state index is 0. The maximum absolute atomic E-state index is 5.84. The van der Waals surface area contributed by atoms with E-state index < -0.39 is 0 Å². The minimum Gasteiger partial charge on any atom is -0.491 e. The molecule has 0 aliphatic carbocycles. The third kappa shape index (κ3) is 8.83. The summed E-state index contributed by atoms with van der Waals surface area (Å²) in [5.41, 5.74) is 2.20. The molecule has 2 aromatic rings. The number of aryl methyl sites for hydroxylation is 1. The Hall–Kier alpha value is -1.26. The zero-order valence-corrected chi connectivity index (χ0v) is 20.5. The van der Waals surface area contributed by atoms with Crippen LogP contribution in [0.25, 0.3) is 0 Å². The van der Waals surface area contributed by atoms with E-state index in [1.54, 1.807) is 7.11 Å². The number of hydrogen-bond donors (Lipinski definition) is 2. The van der Waals surface area contributed by atoms with Crippen LogP contribution in [0.4, 0.5) is 0 Å². The monoisotopic (exact) mass is 565 g/mol. The first-order chi connectivity index (χ1) is 13.1. The van der Waals surface area contributed by atoms with E-state index in [2.05, 4.69) is 50.6 Å². The predicted molar refractivity (Wildman–Crippen MR) is 127 cm³/mol. The Labute approximate surface area is 192 Å². The van der Waals surface area contributed by atoms with Gasteiger partial charge in [0.25, 0.3) is 0 Å². The van der Waals surface area contributed by atoms with Gasteiger partial charge in [0.1, 0.15) is 18.1 Å². The fourth-order valence-corrected chi connectivity index (χ4v) is 2.80. The Balaban J connectivity index is 0.00000392. The van der Waals surface area contributed by atoms with Gasteiger partial charge < -0.3 is 24.5 Å². The highest BCUT2D eigenvalue weighted by molar-refractivity contribution is 14.0. The number of methoxy groups -OCH3 is 1. The molecule has 0 radical (unpaired) electrons. The minimum atomic E-state index is 0. The molecule has 0 bridgehead atoms. The van der Waals surface area contributed by atoms with Gasteiger partial charge >= 0.3 is 0 Å². The van der Waals surface area contributed by atoms with E-state index in [4.69, 9.17) is 13.9 Å². The largest absolute Gasteiger partial charge is 0.491 e. The van der Waals surface area contributed by atoms with Crippen LogP contribution in [0.1, 0.15) is 23.8 Å².